The Morgan fingerprint density at radius 2 is 1.22 bits per heavy atom. The van der Waals surface area contributed by atoms with E-state index in [4.69, 9.17) is 37.9 Å². The van der Waals surface area contributed by atoms with Crippen LogP contribution in [0.5, 0.6) is 0 Å². The Balaban J connectivity index is 3.62. The molecule has 3 N–H and O–H groups in total. The molecular formula is C39H64N4O15. The third-order valence-corrected chi connectivity index (χ3v) is 7.69. The van der Waals surface area contributed by atoms with Crippen LogP contribution in [0.4, 0.5) is 9.59 Å². The minimum atomic E-state index is -1.40. The Morgan fingerprint density at radius 3 is 1.67 bits per heavy atom. The van der Waals surface area contributed by atoms with Crippen LogP contribution in [-0.2, 0) is 61.9 Å². The number of nitrogens with zero attached hydrogens (tertiary/aromatic N) is 1. The van der Waals surface area contributed by atoms with E-state index in [-0.39, 0.29) is 12.6 Å². The molecule has 0 aliphatic carbocycles. The fraction of sp³-hybridized carbons (Fsp3) is 0.744. The molecule has 0 aromatic heterocycles. The number of ether oxygens (including phenoxy) is 8. The van der Waals surface area contributed by atoms with Crippen molar-refractivity contribution >= 4 is 47.9 Å². The van der Waals surface area contributed by atoms with Gasteiger partial charge in [-0.3, -0.25) is 29.8 Å². The highest BCUT2D eigenvalue weighted by atomic mass is 16.6. The van der Waals surface area contributed by atoms with E-state index in [1.165, 1.54) is 19.9 Å². The van der Waals surface area contributed by atoms with Gasteiger partial charge in [-0.1, -0.05) is 38.5 Å². The normalized spacial score (nSPS) is 17.4. The Kier molecular flexibility index (Phi) is 22.4. The number of carbonyl (C=O) groups is 7. The van der Waals surface area contributed by atoms with Crippen LogP contribution < -0.4 is 16.0 Å². The van der Waals surface area contributed by atoms with Crippen LogP contribution >= 0.6 is 0 Å². The van der Waals surface area contributed by atoms with Crippen LogP contribution in [0.25, 0.3) is 0 Å². The number of hydrogen-bond donors (Lipinski definition) is 3. The molecule has 0 saturated carbocycles. The second kappa shape index (κ2) is 25.4. The number of rotatable bonds is 20. The van der Waals surface area contributed by atoms with Gasteiger partial charge in [-0.2, -0.15) is 0 Å². The number of methoxy groups -OCH3 is 1. The van der Waals surface area contributed by atoms with Crippen LogP contribution in [0.1, 0.15) is 121 Å². The van der Waals surface area contributed by atoms with Gasteiger partial charge in [0.25, 0.3) is 0 Å². The van der Waals surface area contributed by atoms with Gasteiger partial charge in [0.05, 0.1) is 25.8 Å². The number of guanidine groups is 1. The molecule has 0 bridgehead atoms. The first kappa shape index (κ1) is 51.1. The van der Waals surface area contributed by atoms with Gasteiger partial charge in [-0.25, -0.2) is 19.4 Å². The lowest BCUT2D eigenvalue weighted by Gasteiger charge is -2.41. The molecule has 1 aliphatic heterocycles. The van der Waals surface area contributed by atoms with Crippen molar-refractivity contribution in [3.8, 4) is 0 Å². The summed E-state index contributed by atoms with van der Waals surface area (Å²) >= 11 is 0. The Hall–Kier alpha value is -4.94. The van der Waals surface area contributed by atoms with Crippen molar-refractivity contribution in [3.05, 3.63) is 11.8 Å². The number of amides is 3. The quantitative estimate of drug-likeness (QED) is 0.0510. The number of esters is 4. The summed E-state index contributed by atoms with van der Waals surface area (Å²) in [6.07, 6.45) is 2.05. The van der Waals surface area contributed by atoms with Crippen molar-refractivity contribution < 1.29 is 71.5 Å². The highest BCUT2D eigenvalue weighted by Crippen LogP contribution is 2.29. The van der Waals surface area contributed by atoms with Gasteiger partial charge < -0.3 is 43.2 Å². The maximum Gasteiger partial charge on any atom is 0.414 e. The fourth-order valence-corrected chi connectivity index (χ4v) is 5.49. The predicted octanol–water partition coefficient (Wildman–Crippen LogP) is 4.28. The molecule has 0 aromatic carbocycles. The lowest BCUT2D eigenvalue weighted by molar-refractivity contribution is -0.182. The summed E-state index contributed by atoms with van der Waals surface area (Å²) in [4.78, 5) is 91.5. The molecule has 0 radical (unpaired) electrons. The molecule has 1 aliphatic rings. The maximum absolute atomic E-state index is 13.1. The monoisotopic (exact) mass is 828 g/mol. The summed E-state index contributed by atoms with van der Waals surface area (Å²) in [5.74, 6) is -4.15. The third-order valence-electron chi connectivity index (χ3n) is 7.69. The second-order valence-corrected chi connectivity index (χ2v) is 15.5. The number of alkyl carbamates (subject to hydrolysis) is 2. The van der Waals surface area contributed by atoms with Crippen molar-refractivity contribution in [2.75, 3.05) is 26.9 Å². The van der Waals surface area contributed by atoms with Crippen LogP contribution in [0, 0.1) is 0 Å². The molecule has 1 heterocycles. The molecule has 3 amide bonds. The van der Waals surface area contributed by atoms with Gasteiger partial charge in [0, 0.05) is 34.3 Å². The molecule has 330 valence electrons. The predicted molar refractivity (Wildman–Crippen MR) is 208 cm³/mol. The lowest BCUT2D eigenvalue weighted by atomic mass is 9.92. The first-order valence-corrected chi connectivity index (χ1v) is 19.4. The number of aliphatic imine (C=N–C) groups is 1. The van der Waals surface area contributed by atoms with E-state index in [2.05, 4.69) is 20.9 Å². The third kappa shape index (κ3) is 22.7. The minimum absolute atomic E-state index is 0.0917. The van der Waals surface area contributed by atoms with E-state index in [1.807, 2.05) is 0 Å². The van der Waals surface area contributed by atoms with E-state index >= 15 is 0 Å². The summed E-state index contributed by atoms with van der Waals surface area (Å²) in [7, 11) is 1.11. The van der Waals surface area contributed by atoms with Crippen LogP contribution in [0.2, 0.25) is 0 Å². The van der Waals surface area contributed by atoms with Gasteiger partial charge in [0.15, 0.2) is 12.2 Å². The van der Waals surface area contributed by atoms with Crippen LogP contribution in [0.15, 0.2) is 16.8 Å². The summed E-state index contributed by atoms with van der Waals surface area (Å²) in [6.45, 7) is 14.7. The average Bonchev–Trinajstić information content (AvgIpc) is 3.07. The number of carbonyl (C=O) groups excluding carboxylic acids is 7. The smallest absolute Gasteiger partial charge is 0.414 e. The summed E-state index contributed by atoms with van der Waals surface area (Å²) in [5, 5.41) is 7.49. The summed E-state index contributed by atoms with van der Waals surface area (Å²) in [6, 6.07) is -2.56. The molecule has 0 saturated heterocycles. The van der Waals surface area contributed by atoms with Gasteiger partial charge in [0.2, 0.25) is 17.6 Å². The van der Waals surface area contributed by atoms with E-state index in [9.17, 15) is 33.6 Å². The molecule has 19 nitrogen and oxygen atoms in total. The van der Waals surface area contributed by atoms with E-state index < -0.39 is 95.9 Å². The first-order chi connectivity index (χ1) is 27.0. The van der Waals surface area contributed by atoms with E-state index in [1.54, 1.807) is 41.5 Å². The number of hydrogen-bond acceptors (Lipinski definition) is 16. The van der Waals surface area contributed by atoms with Crippen LogP contribution in [0.3, 0.4) is 0 Å². The maximum atomic E-state index is 13.1. The second-order valence-electron chi connectivity index (χ2n) is 15.5. The van der Waals surface area contributed by atoms with Crippen molar-refractivity contribution in [3.63, 3.8) is 0 Å². The van der Waals surface area contributed by atoms with Crippen molar-refractivity contribution in [2.24, 2.45) is 4.99 Å². The van der Waals surface area contributed by atoms with E-state index in [0.29, 0.717) is 13.0 Å². The fourth-order valence-electron chi connectivity index (χ4n) is 5.49. The zero-order valence-corrected chi connectivity index (χ0v) is 35.8. The van der Waals surface area contributed by atoms with Gasteiger partial charge >= 0.3 is 36.1 Å². The van der Waals surface area contributed by atoms with Crippen LogP contribution in [-0.4, -0.2) is 116 Å². The summed E-state index contributed by atoms with van der Waals surface area (Å²) in [5.41, 5.74) is -1.90. The molecule has 58 heavy (non-hydrogen) atoms. The Labute approximate surface area is 340 Å². The number of unbranched alkanes of at least 4 members (excludes halogenated alkanes) is 7. The Bertz CT molecular complexity index is 1420. The van der Waals surface area contributed by atoms with Gasteiger partial charge in [0.1, 0.15) is 23.9 Å². The van der Waals surface area contributed by atoms with Crippen molar-refractivity contribution in [1.82, 2.24) is 16.0 Å². The van der Waals surface area contributed by atoms with Crippen molar-refractivity contribution in [2.45, 2.75) is 162 Å². The topological polar surface area (TPSA) is 242 Å². The van der Waals surface area contributed by atoms with E-state index in [0.717, 1.165) is 65.9 Å². The molecular weight excluding hydrogens is 764 g/mol. The van der Waals surface area contributed by atoms with Crippen molar-refractivity contribution in [1.29, 1.82) is 0 Å². The molecule has 0 unspecified atom stereocenters. The highest BCUT2D eigenvalue weighted by Gasteiger charge is 2.47. The molecule has 0 spiro atoms. The molecule has 5 atom stereocenters. The molecule has 1 rings (SSSR count). The van der Waals surface area contributed by atoms with Gasteiger partial charge in [-0.15, -0.1) is 0 Å². The minimum Gasteiger partial charge on any atom is -0.478 e. The summed E-state index contributed by atoms with van der Waals surface area (Å²) < 4.78 is 44.0. The zero-order valence-electron chi connectivity index (χ0n) is 35.8. The standard InChI is InChI=1S/C39H64N4O15/c1-24(44)40-31-28(41-35(42-36(49)57-38(5,6)7)43-37(50)58-39(8,9)10)22-29(34(48)51-11)56-33(31)32(30(55-27(4)47)23-54-26(3)46)53-21-19-17-15-13-12-14-16-18-20-52-25(2)45/h22,28,30-33H,12-21,23H2,1-11H3,(H,40,44)(H2,41,42,43,49,50)/t28-,30+,31+,32+,33+/m0/s1. The molecule has 0 aromatic rings. The average molecular weight is 829 g/mol. The molecule has 0 fully saturated rings. The van der Waals surface area contributed by atoms with Gasteiger partial charge in [-0.05, 0) is 60.5 Å². The Morgan fingerprint density at radius 1 is 0.724 bits per heavy atom. The molecule has 19 heteroatoms. The first-order valence-electron chi connectivity index (χ1n) is 19.4. The highest BCUT2D eigenvalue weighted by molar-refractivity contribution is 6.01. The lowest BCUT2D eigenvalue weighted by Crippen LogP contribution is -2.61. The largest absolute Gasteiger partial charge is 0.478 e. The SMILES string of the molecule is COC(=O)C1=C[C@H](N=C(NC(=O)OC(C)(C)C)NC(=O)OC(C)(C)C)[C@@H](NC(C)=O)[C@H]([C@H](OCCCCCCCCCCOC(C)=O)[C@@H](COC(C)=O)OC(C)=O)O1. The zero-order chi connectivity index (χ0) is 44.1. The number of nitrogens with one attached hydrogen (secondary N) is 3.